The second-order valence-corrected chi connectivity index (χ2v) is 8.63. The van der Waals surface area contributed by atoms with E-state index in [1.165, 1.54) is 0 Å². The Morgan fingerprint density at radius 3 is 2.57 bits per heavy atom. The average Bonchev–Trinajstić information content (AvgIpc) is 3.04. The minimum atomic E-state index is -4.51. The van der Waals surface area contributed by atoms with Gasteiger partial charge in [-0.05, 0) is 62.8 Å². The summed E-state index contributed by atoms with van der Waals surface area (Å²) in [6, 6.07) is 3.83. The third-order valence-corrected chi connectivity index (χ3v) is 6.06. The van der Waals surface area contributed by atoms with Crippen LogP contribution in [0, 0.1) is 19.8 Å². The molecule has 3 rings (SSSR count). The molecule has 0 saturated heterocycles. The number of nitrogens with two attached hydrogens (primary N) is 1. The molecule has 0 aliphatic carbocycles. The first-order valence-electron chi connectivity index (χ1n) is 10.6. The largest absolute Gasteiger partial charge is 0.435 e. The van der Waals surface area contributed by atoms with Crippen LogP contribution in [0.4, 0.5) is 24.8 Å². The van der Waals surface area contributed by atoms with Gasteiger partial charge in [-0.1, -0.05) is 37.4 Å². The predicted molar refractivity (Wildman–Crippen MR) is 116 cm³/mol. The van der Waals surface area contributed by atoms with Crippen LogP contribution in [0.2, 0.25) is 5.02 Å². The number of hydrogen-bond acceptors (Lipinski definition) is 3. The Labute approximate surface area is 181 Å². The molecule has 1 aromatic heterocycles. The smallest absolute Gasteiger partial charge is 0.330 e. The Balaban J connectivity index is 2.09. The number of nitrogens with zero attached hydrogens (tertiary/aromatic N) is 3. The van der Waals surface area contributed by atoms with Crippen LogP contribution in [-0.4, -0.2) is 22.6 Å². The summed E-state index contributed by atoms with van der Waals surface area (Å²) in [5.41, 5.74) is 8.02. The van der Waals surface area contributed by atoms with Gasteiger partial charge in [-0.2, -0.15) is 13.2 Å². The predicted octanol–water partition coefficient (Wildman–Crippen LogP) is 6.02. The summed E-state index contributed by atoms with van der Waals surface area (Å²) in [7, 11) is 0. The van der Waals surface area contributed by atoms with E-state index < -0.39 is 11.9 Å². The van der Waals surface area contributed by atoms with Crippen LogP contribution in [0.15, 0.2) is 12.1 Å². The number of rotatable bonds is 7. The maximum Gasteiger partial charge on any atom is 0.435 e. The number of aryl methyl sites for hydroxylation is 2. The molecule has 2 N–H and O–H groups in total. The third-order valence-electron chi connectivity index (χ3n) is 5.78. The fraction of sp³-hybridized carbons (Fsp3) is 0.591. The summed E-state index contributed by atoms with van der Waals surface area (Å²) in [6.07, 6.45) is -0.744. The molecule has 30 heavy (non-hydrogen) atoms. The minimum absolute atomic E-state index is 0.00641. The number of hydrogen-bond donors (Lipinski definition) is 1. The molecule has 2 heterocycles. The summed E-state index contributed by atoms with van der Waals surface area (Å²) in [5, 5.41) is 0.529. The SMILES string of the molecule is CCCCC(CN)Cc1c(C(F)(F)F)nc2n1CCCN2c1c(C)cc(C)cc1Cl. The minimum Gasteiger partial charge on any atom is -0.330 e. The van der Waals surface area contributed by atoms with Crippen LogP contribution in [-0.2, 0) is 19.1 Å². The second-order valence-electron chi connectivity index (χ2n) is 8.22. The molecule has 1 aliphatic heterocycles. The van der Waals surface area contributed by atoms with E-state index in [-0.39, 0.29) is 18.0 Å². The Hall–Kier alpha value is -1.73. The van der Waals surface area contributed by atoms with Gasteiger partial charge in [0.2, 0.25) is 5.95 Å². The van der Waals surface area contributed by atoms with Crippen LogP contribution < -0.4 is 10.6 Å². The Morgan fingerprint density at radius 1 is 1.23 bits per heavy atom. The highest BCUT2D eigenvalue weighted by Crippen LogP contribution is 2.42. The molecule has 1 unspecified atom stereocenters. The van der Waals surface area contributed by atoms with E-state index in [1.54, 1.807) is 4.57 Å². The van der Waals surface area contributed by atoms with E-state index in [0.29, 0.717) is 30.6 Å². The van der Waals surface area contributed by atoms with Gasteiger partial charge in [-0.25, -0.2) is 4.98 Å². The fourth-order valence-corrected chi connectivity index (χ4v) is 4.79. The van der Waals surface area contributed by atoms with Crippen molar-refractivity contribution in [2.45, 2.75) is 65.6 Å². The molecule has 0 fully saturated rings. The van der Waals surface area contributed by atoms with E-state index in [0.717, 1.165) is 42.5 Å². The highest BCUT2D eigenvalue weighted by atomic mass is 35.5. The van der Waals surface area contributed by atoms with Crippen LogP contribution in [0.3, 0.4) is 0 Å². The summed E-state index contributed by atoms with van der Waals surface area (Å²) in [6.45, 7) is 7.40. The quantitative estimate of drug-likeness (QED) is 0.570. The van der Waals surface area contributed by atoms with Crippen molar-refractivity contribution in [3.63, 3.8) is 0 Å². The topological polar surface area (TPSA) is 47.1 Å². The van der Waals surface area contributed by atoms with E-state index in [4.69, 9.17) is 17.3 Å². The average molecular weight is 443 g/mol. The fourth-order valence-electron chi connectivity index (χ4n) is 4.37. The molecule has 4 nitrogen and oxygen atoms in total. The molecular formula is C22H30ClF3N4. The molecule has 1 aliphatic rings. The van der Waals surface area contributed by atoms with Crippen LogP contribution in [0.5, 0.6) is 0 Å². The number of imidazole rings is 1. The molecule has 2 aromatic rings. The van der Waals surface area contributed by atoms with Crippen LogP contribution in [0.1, 0.15) is 55.1 Å². The van der Waals surface area contributed by atoms with Crippen molar-refractivity contribution in [2.24, 2.45) is 11.7 Å². The first-order valence-corrected chi connectivity index (χ1v) is 11.0. The monoisotopic (exact) mass is 442 g/mol. The zero-order valence-electron chi connectivity index (χ0n) is 17.8. The molecule has 8 heteroatoms. The van der Waals surface area contributed by atoms with Gasteiger partial charge in [0.1, 0.15) is 0 Å². The van der Waals surface area contributed by atoms with Gasteiger partial charge in [0.25, 0.3) is 0 Å². The van der Waals surface area contributed by atoms with E-state index in [2.05, 4.69) is 11.9 Å². The molecule has 0 amide bonds. The van der Waals surface area contributed by atoms with E-state index in [9.17, 15) is 13.2 Å². The summed E-state index contributed by atoms with van der Waals surface area (Å²) in [4.78, 5) is 5.95. The molecular weight excluding hydrogens is 413 g/mol. The number of halogens is 4. The van der Waals surface area contributed by atoms with Gasteiger partial charge in [-0.15, -0.1) is 0 Å². The van der Waals surface area contributed by atoms with E-state index >= 15 is 0 Å². The van der Waals surface area contributed by atoms with Gasteiger partial charge in [0.05, 0.1) is 16.4 Å². The number of aromatic nitrogens is 2. The second kappa shape index (κ2) is 9.18. The number of alkyl halides is 3. The molecule has 0 saturated carbocycles. The van der Waals surface area contributed by atoms with Gasteiger partial charge in [0, 0.05) is 13.1 Å². The highest BCUT2D eigenvalue weighted by Gasteiger charge is 2.41. The first kappa shape index (κ1) is 22.9. The maximum atomic E-state index is 13.9. The molecule has 0 bridgehead atoms. The van der Waals surface area contributed by atoms with Gasteiger partial charge < -0.3 is 15.2 Å². The number of anilines is 2. The zero-order chi connectivity index (χ0) is 22.1. The van der Waals surface area contributed by atoms with Crippen molar-refractivity contribution in [2.75, 3.05) is 18.0 Å². The van der Waals surface area contributed by atoms with Gasteiger partial charge in [-0.3, -0.25) is 0 Å². The summed E-state index contributed by atoms with van der Waals surface area (Å²) >= 11 is 6.52. The maximum absolute atomic E-state index is 13.9. The molecule has 1 atom stereocenters. The Bertz CT molecular complexity index is 868. The molecule has 166 valence electrons. The Morgan fingerprint density at radius 2 is 1.97 bits per heavy atom. The molecule has 0 radical (unpaired) electrons. The molecule has 1 aromatic carbocycles. The molecule has 0 spiro atoms. The lowest BCUT2D eigenvalue weighted by Crippen LogP contribution is -2.30. The van der Waals surface area contributed by atoms with Crippen molar-refractivity contribution in [1.29, 1.82) is 0 Å². The summed E-state index contributed by atoms with van der Waals surface area (Å²) < 4.78 is 43.5. The Kier molecular flexibility index (Phi) is 7.02. The van der Waals surface area contributed by atoms with Crippen molar-refractivity contribution < 1.29 is 13.2 Å². The van der Waals surface area contributed by atoms with Crippen molar-refractivity contribution >= 4 is 23.2 Å². The van der Waals surface area contributed by atoms with Crippen LogP contribution >= 0.6 is 11.6 Å². The van der Waals surface area contributed by atoms with Crippen LogP contribution in [0.25, 0.3) is 0 Å². The van der Waals surface area contributed by atoms with Crippen molar-refractivity contribution in [3.05, 3.63) is 39.7 Å². The highest BCUT2D eigenvalue weighted by molar-refractivity contribution is 6.33. The van der Waals surface area contributed by atoms with Gasteiger partial charge in [0.15, 0.2) is 5.69 Å². The number of benzene rings is 1. The van der Waals surface area contributed by atoms with Crippen molar-refractivity contribution in [3.8, 4) is 0 Å². The lowest BCUT2D eigenvalue weighted by Gasteiger charge is -2.32. The zero-order valence-corrected chi connectivity index (χ0v) is 18.6. The summed E-state index contributed by atoms with van der Waals surface area (Å²) in [5.74, 6) is 0.329. The first-order chi connectivity index (χ1) is 14.2. The lowest BCUT2D eigenvalue weighted by atomic mass is 9.96. The van der Waals surface area contributed by atoms with E-state index in [1.807, 2.05) is 30.9 Å². The van der Waals surface area contributed by atoms with Gasteiger partial charge >= 0.3 is 6.18 Å². The number of unbranched alkanes of at least 4 members (excludes halogenated alkanes) is 1. The lowest BCUT2D eigenvalue weighted by molar-refractivity contribution is -0.141. The standard InChI is InChI=1S/C22H30ClF3N4/c1-4-5-7-16(13-27)12-18-20(22(24,25)26)28-21-29(18)8-6-9-30(21)19-15(3)10-14(2)11-17(19)23/h10-11,16H,4-9,12-13,27H2,1-3H3. The number of fused-ring (bicyclic) bond motifs is 1. The normalized spacial score (nSPS) is 15.4. The van der Waals surface area contributed by atoms with Crippen molar-refractivity contribution in [1.82, 2.24) is 9.55 Å². The third kappa shape index (κ3) is 4.62.